The van der Waals surface area contributed by atoms with E-state index in [0.29, 0.717) is 18.6 Å². The molecule has 3 atom stereocenters. The zero-order valence-electron chi connectivity index (χ0n) is 21.5. The number of nitrogens with zero attached hydrogens (tertiary/aromatic N) is 1. The Morgan fingerprint density at radius 2 is 1.65 bits per heavy atom. The molecule has 37 heavy (non-hydrogen) atoms. The van der Waals surface area contributed by atoms with E-state index >= 15 is 0 Å². The maximum Gasteiger partial charge on any atom is 0.279 e. The third-order valence-electron chi connectivity index (χ3n) is 6.38. The number of nitrogens with one attached hydrogen (secondary N) is 2. The lowest BCUT2D eigenvalue weighted by atomic mass is 9.96. The molecule has 196 valence electrons. The van der Waals surface area contributed by atoms with Crippen LogP contribution < -0.4 is 10.8 Å². The third kappa shape index (κ3) is 6.74. The number of ether oxygens (including phenoxy) is 1. The average molecular weight is 508 g/mol. The number of likely N-dealkylation sites (N-methyl/N-ethyl adjacent to an activating group) is 2. The number of carbonyl (C=O) groups excluding carboxylic acids is 3. The fourth-order valence-electron chi connectivity index (χ4n) is 3.76. The molecule has 3 N–H and O–H groups in total. The summed E-state index contributed by atoms with van der Waals surface area (Å²) in [5, 5.41) is 12.1. The first kappa shape index (κ1) is 27.9. The first-order valence-electron chi connectivity index (χ1n) is 12.1. The molecule has 1 unspecified atom stereocenters. The van der Waals surface area contributed by atoms with E-state index in [-0.39, 0.29) is 5.56 Å². The molecule has 3 amide bonds. The molecule has 0 radical (unpaired) electrons. The summed E-state index contributed by atoms with van der Waals surface area (Å²) >= 11 is 0. The predicted molar refractivity (Wildman–Crippen MR) is 137 cm³/mol. The third-order valence-corrected chi connectivity index (χ3v) is 6.38. The number of carbonyl (C=O) groups is 3. The molecule has 1 fully saturated rings. The molecule has 0 aromatic heterocycles. The van der Waals surface area contributed by atoms with Gasteiger partial charge >= 0.3 is 0 Å². The Kier molecular flexibility index (Phi) is 9.42. The Morgan fingerprint density at radius 1 is 1.05 bits per heavy atom. The van der Waals surface area contributed by atoms with E-state index in [2.05, 4.69) is 22.6 Å². The summed E-state index contributed by atoms with van der Waals surface area (Å²) in [6.45, 7) is 3.58. The molecule has 9 heteroatoms. The van der Waals surface area contributed by atoms with Gasteiger partial charge in [0.1, 0.15) is 0 Å². The molecule has 2 aromatic rings. The van der Waals surface area contributed by atoms with Gasteiger partial charge in [-0.15, -0.1) is 0 Å². The lowest BCUT2D eigenvalue weighted by Gasteiger charge is -2.36. The number of hydrogen-bond acceptors (Lipinski definition) is 6. The van der Waals surface area contributed by atoms with E-state index < -0.39 is 35.7 Å². The van der Waals surface area contributed by atoms with Crippen molar-refractivity contribution in [2.45, 2.75) is 51.0 Å². The molecule has 1 aliphatic heterocycles. The second-order valence-corrected chi connectivity index (χ2v) is 8.99. The maximum atomic E-state index is 13.2. The van der Waals surface area contributed by atoms with Gasteiger partial charge in [-0.3, -0.25) is 14.4 Å². The van der Waals surface area contributed by atoms with Crippen LogP contribution in [0, 0.1) is 11.8 Å². The lowest BCUT2D eigenvalue weighted by molar-refractivity contribution is -0.204. The van der Waals surface area contributed by atoms with Gasteiger partial charge in [-0.1, -0.05) is 24.0 Å². The van der Waals surface area contributed by atoms with E-state index in [4.69, 9.17) is 9.57 Å². The van der Waals surface area contributed by atoms with Gasteiger partial charge in [0.2, 0.25) is 0 Å². The van der Waals surface area contributed by atoms with Crippen molar-refractivity contribution in [2.24, 2.45) is 0 Å². The van der Waals surface area contributed by atoms with Gasteiger partial charge in [-0.25, -0.2) is 10.3 Å². The standard InChI is InChI=1S/C28H33N3O6/c1-19(32)22-14-10-20(11-15-22)8-9-21-12-16-23(17-13-21)25(33)31(4)28(2,26(34)29-3)27(35)30-37-24-7-5-6-18-36-24/h10-17,19,24,32H,5-7,18H2,1-4H3,(H,29,34)(H,30,35)/t19-,24?,28-/m0/s1. The molecule has 0 saturated carbocycles. The Balaban J connectivity index is 1.71. The topological polar surface area (TPSA) is 117 Å². The van der Waals surface area contributed by atoms with E-state index in [1.807, 2.05) is 24.3 Å². The number of aliphatic hydroxyl groups excluding tert-OH is 1. The molecule has 0 spiro atoms. The minimum atomic E-state index is -1.88. The van der Waals surface area contributed by atoms with Crippen LogP contribution in [0.15, 0.2) is 48.5 Å². The van der Waals surface area contributed by atoms with Crippen LogP contribution in [0.1, 0.15) is 66.3 Å². The van der Waals surface area contributed by atoms with Crippen molar-refractivity contribution in [3.8, 4) is 11.8 Å². The summed E-state index contributed by atoms with van der Waals surface area (Å²) in [4.78, 5) is 45.5. The number of benzene rings is 2. The smallest absolute Gasteiger partial charge is 0.279 e. The van der Waals surface area contributed by atoms with Crippen molar-refractivity contribution in [2.75, 3.05) is 20.7 Å². The van der Waals surface area contributed by atoms with Gasteiger partial charge in [0, 0.05) is 43.8 Å². The van der Waals surface area contributed by atoms with Crippen molar-refractivity contribution in [3.63, 3.8) is 0 Å². The predicted octanol–water partition coefficient (Wildman–Crippen LogP) is 2.29. The van der Waals surface area contributed by atoms with Gasteiger partial charge in [0.15, 0.2) is 11.8 Å². The zero-order valence-corrected chi connectivity index (χ0v) is 21.5. The Morgan fingerprint density at radius 3 is 2.16 bits per heavy atom. The molecule has 1 saturated heterocycles. The highest BCUT2D eigenvalue weighted by Gasteiger charge is 2.47. The van der Waals surface area contributed by atoms with Crippen LogP contribution in [-0.2, 0) is 19.2 Å². The molecule has 2 aromatic carbocycles. The van der Waals surface area contributed by atoms with Crippen LogP contribution in [0.25, 0.3) is 0 Å². The highest BCUT2D eigenvalue weighted by Crippen LogP contribution is 2.20. The van der Waals surface area contributed by atoms with Crippen LogP contribution in [0.3, 0.4) is 0 Å². The maximum absolute atomic E-state index is 13.2. The van der Waals surface area contributed by atoms with Gasteiger partial charge in [0.25, 0.3) is 17.7 Å². The molecule has 0 aliphatic carbocycles. The van der Waals surface area contributed by atoms with Crippen LogP contribution >= 0.6 is 0 Å². The second kappa shape index (κ2) is 12.5. The summed E-state index contributed by atoms with van der Waals surface area (Å²) in [6.07, 6.45) is 1.30. The van der Waals surface area contributed by atoms with Gasteiger partial charge in [0.05, 0.1) is 6.10 Å². The first-order valence-corrected chi connectivity index (χ1v) is 12.1. The van der Waals surface area contributed by atoms with E-state index in [9.17, 15) is 19.5 Å². The summed E-state index contributed by atoms with van der Waals surface area (Å²) in [5.41, 5.74) is 2.99. The van der Waals surface area contributed by atoms with Crippen LogP contribution in [-0.4, -0.2) is 60.3 Å². The minimum Gasteiger partial charge on any atom is -0.389 e. The fourth-order valence-corrected chi connectivity index (χ4v) is 3.76. The average Bonchev–Trinajstić information content (AvgIpc) is 2.94. The Hall–Kier alpha value is -3.71. The minimum absolute atomic E-state index is 0.286. The molecule has 0 bridgehead atoms. The number of hydroxylamine groups is 1. The van der Waals surface area contributed by atoms with Crippen molar-refractivity contribution in [1.82, 2.24) is 15.7 Å². The van der Waals surface area contributed by atoms with E-state index in [0.717, 1.165) is 28.9 Å². The number of rotatable bonds is 7. The van der Waals surface area contributed by atoms with Crippen LogP contribution in [0.5, 0.6) is 0 Å². The second-order valence-electron chi connectivity index (χ2n) is 8.99. The van der Waals surface area contributed by atoms with E-state index in [1.165, 1.54) is 21.0 Å². The first-order chi connectivity index (χ1) is 17.7. The molecular formula is C28H33N3O6. The Labute approximate surface area is 217 Å². The van der Waals surface area contributed by atoms with Crippen molar-refractivity contribution < 1.29 is 29.1 Å². The number of amides is 3. The van der Waals surface area contributed by atoms with E-state index in [1.54, 1.807) is 31.2 Å². The zero-order chi connectivity index (χ0) is 27.0. The highest BCUT2D eigenvalue weighted by molar-refractivity contribution is 6.12. The molecular weight excluding hydrogens is 474 g/mol. The molecule has 3 rings (SSSR count). The largest absolute Gasteiger partial charge is 0.389 e. The van der Waals surface area contributed by atoms with Gasteiger partial charge in [-0.2, -0.15) is 0 Å². The molecule has 9 nitrogen and oxygen atoms in total. The highest BCUT2D eigenvalue weighted by atomic mass is 16.8. The molecule has 1 aliphatic rings. The van der Waals surface area contributed by atoms with Crippen molar-refractivity contribution in [3.05, 3.63) is 70.8 Å². The normalized spacial score (nSPS) is 17.4. The lowest BCUT2D eigenvalue weighted by Crippen LogP contribution is -2.65. The number of hydrogen-bond donors (Lipinski definition) is 3. The summed E-state index contributed by atoms with van der Waals surface area (Å²) < 4.78 is 5.44. The van der Waals surface area contributed by atoms with Crippen LogP contribution in [0.2, 0.25) is 0 Å². The monoisotopic (exact) mass is 507 g/mol. The van der Waals surface area contributed by atoms with Crippen molar-refractivity contribution in [1.29, 1.82) is 0 Å². The summed E-state index contributed by atoms with van der Waals surface area (Å²) in [7, 11) is 2.78. The SMILES string of the molecule is CNC(=O)[C@@](C)(C(=O)NOC1CCCCO1)N(C)C(=O)c1ccc(C#Cc2ccc([C@H](C)O)cc2)cc1. The van der Waals surface area contributed by atoms with Crippen molar-refractivity contribution >= 4 is 17.7 Å². The number of aliphatic hydroxyl groups is 1. The Bertz CT molecular complexity index is 1160. The van der Waals surface area contributed by atoms with Gasteiger partial charge in [-0.05, 0) is 68.7 Å². The summed E-state index contributed by atoms with van der Waals surface area (Å²) in [6, 6.07) is 13.9. The molecule has 1 heterocycles. The fraction of sp³-hybridized carbons (Fsp3) is 0.393. The van der Waals surface area contributed by atoms with Gasteiger partial charge < -0.3 is 20.1 Å². The van der Waals surface area contributed by atoms with Crippen LogP contribution in [0.4, 0.5) is 0 Å². The quantitative estimate of drug-likeness (QED) is 0.301. The summed E-state index contributed by atoms with van der Waals surface area (Å²) in [5.74, 6) is 4.10.